The van der Waals surface area contributed by atoms with Crippen molar-refractivity contribution in [2.75, 3.05) is 0 Å². The molecule has 0 aliphatic rings. The number of aryl methyl sites for hydroxylation is 1. The predicted molar refractivity (Wildman–Crippen MR) is 70.0 cm³/mol. The highest BCUT2D eigenvalue weighted by Gasteiger charge is 2.02. The van der Waals surface area contributed by atoms with Gasteiger partial charge < -0.3 is 4.57 Å². The molecular formula is C15H14N2. The number of benzene rings is 1. The standard InChI is InChI=1S/C15H14N2/c1-12-9-14-7-8-17(15(14)16-10-12)11-13-5-3-2-4-6-13/h2-10H,11H2,1H3. The Bertz CT molecular complexity index is 638. The van der Waals surface area contributed by atoms with E-state index in [0.29, 0.717) is 0 Å². The third kappa shape index (κ3) is 1.94. The van der Waals surface area contributed by atoms with E-state index in [9.17, 15) is 0 Å². The first-order chi connectivity index (χ1) is 8.33. The van der Waals surface area contributed by atoms with Gasteiger partial charge in [0.25, 0.3) is 0 Å². The van der Waals surface area contributed by atoms with Gasteiger partial charge in [0.1, 0.15) is 5.65 Å². The molecule has 0 spiro atoms. The van der Waals surface area contributed by atoms with Crippen molar-refractivity contribution < 1.29 is 0 Å². The van der Waals surface area contributed by atoms with Crippen LogP contribution in [0.25, 0.3) is 11.0 Å². The second-order valence-electron chi connectivity index (χ2n) is 4.35. The largest absolute Gasteiger partial charge is 0.328 e. The molecule has 0 radical (unpaired) electrons. The Morgan fingerprint density at radius 1 is 1.12 bits per heavy atom. The van der Waals surface area contributed by atoms with Gasteiger partial charge in [0.15, 0.2) is 0 Å². The number of hydrogen-bond donors (Lipinski definition) is 0. The number of fused-ring (bicyclic) bond motifs is 1. The maximum Gasteiger partial charge on any atom is 0.140 e. The van der Waals surface area contributed by atoms with E-state index in [1.807, 2.05) is 12.3 Å². The first-order valence-electron chi connectivity index (χ1n) is 5.78. The third-order valence-corrected chi connectivity index (χ3v) is 2.93. The van der Waals surface area contributed by atoms with E-state index in [2.05, 4.69) is 59.1 Å². The molecular weight excluding hydrogens is 208 g/mol. The van der Waals surface area contributed by atoms with Crippen LogP contribution in [0.3, 0.4) is 0 Å². The Balaban J connectivity index is 2.01. The molecule has 0 N–H and O–H groups in total. The maximum absolute atomic E-state index is 4.50. The quantitative estimate of drug-likeness (QED) is 0.650. The normalized spacial score (nSPS) is 10.9. The topological polar surface area (TPSA) is 17.8 Å². The molecule has 0 saturated heterocycles. The van der Waals surface area contributed by atoms with Gasteiger partial charge >= 0.3 is 0 Å². The molecule has 0 aliphatic heterocycles. The van der Waals surface area contributed by atoms with Gasteiger partial charge in [0.05, 0.1) is 0 Å². The van der Waals surface area contributed by atoms with Crippen molar-refractivity contribution in [2.45, 2.75) is 13.5 Å². The van der Waals surface area contributed by atoms with Crippen LogP contribution >= 0.6 is 0 Å². The molecule has 2 aromatic heterocycles. The Morgan fingerprint density at radius 2 is 1.94 bits per heavy atom. The van der Waals surface area contributed by atoms with Crippen molar-refractivity contribution in [3.05, 3.63) is 66.0 Å². The molecule has 0 amide bonds. The summed E-state index contributed by atoms with van der Waals surface area (Å²) < 4.78 is 2.18. The van der Waals surface area contributed by atoms with E-state index in [1.54, 1.807) is 0 Å². The highest BCUT2D eigenvalue weighted by molar-refractivity contribution is 5.76. The molecule has 0 unspecified atom stereocenters. The van der Waals surface area contributed by atoms with E-state index in [4.69, 9.17) is 0 Å². The van der Waals surface area contributed by atoms with Crippen molar-refractivity contribution in [3.63, 3.8) is 0 Å². The zero-order valence-corrected chi connectivity index (χ0v) is 9.80. The molecule has 0 aliphatic carbocycles. The fourth-order valence-electron chi connectivity index (χ4n) is 2.10. The zero-order valence-electron chi connectivity index (χ0n) is 9.80. The van der Waals surface area contributed by atoms with Crippen molar-refractivity contribution in [1.29, 1.82) is 0 Å². The number of pyridine rings is 1. The van der Waals surface area contributed by atoms with E-state index in [0.717, 1.165) is 12.2 Å². The molecule has 2 heteroatoms. The molecule has 0 fully saturated rings. The molecule has 2 heterocycles. The fraction of sp³-hybridized carbons (Fsp3) is 0.133. The van der Waals surface area contributed by atoms with Crippen molar-refractivity contribution in [1.82, 2.24) is 9.55 Å². The summed E-state index contributed by atoms with van der Waals surface area (Å²) in [6.45, 7) is 2.95. The lowest BCUT2D eigenvalue weighted by Gasteiger charge is -2.04. The SMILES string of the molecule is Cc1cnc2c(ccn2Cc2ccccc2)c1. The molecule has 17 heavy (non-hydrogen) atoms. The summed E-state index contributed by atoms with van der Waals surface area (Å²) in [5.74, 6) is 0. The number of rotatable bonds is 2. The molecule has 3 rings (SSSR count). The predicted octanol–water partition coefficient (Wildman–Crippen LogP) is 3.39. The monoisotopic (exact) mass is 222 g/mol. The van der Waals surface area contributed by atoms with Gasteiger partial charge in [-0.05, 0) is 30.2 Å². The van der Waals surface area contributed by atoms with E-state index < -0.39 is 0 Å². The minimum atomic E-state index is 0.875. The number of aromatic nitrogens is 2. The van der Waals surface area contributed by atoms with Crippen LogP contribution in [0, 0.1) is 6.92 Å². The van der Waals surface area contributed by atoms with Gasteiger partial charge in [-0.1, -0.05) is 30.3 Å². The molecule has 0 atom stereocenters. The highest BCUT2D eigenvalue weighted by atomic mass is 15.0. The van der Waals surface area contributed by atoms with Crippen LogP contribution in [0.15, 0.2) is 54.9 Å². The summed E-state index contributed by atoms with van der Waals surface area (Å²) in [6, 6.07) is 14.7. The average Bonchev–Trinajstić information content (AvgIpc) is 2.73. The lowest BCUT2D eigenvalue weighted by Crippen LogP contribution is -1.98. The van der Waals surface area contributed by atoms with Gasteiger partial charge in [0, 0.05) is 24.3 Å². The summed E-state index contributed by atoms with van der Waals surface area (Å²) in [4.78, 5) is 4.50. The van der Waals surface area contributed by atoms with Crippen LogP contribution < -0.4 is 0 Å². The lowest BCUT2D eigenvalue weighted by molar-refractivity contribution is 0.825. The van der Waals surface area contributed by atoms with Crippen LogP contribution in [0.1, 0.15) is 11.1 Å². The second-order valence-corrected chi connectivity index (χ2v) is 4.35. The van der Waals surface area contributed by atoms with E-state index in [1.165, 1.54) is 16.5 Å². The molecule has 0 saturated carbocycles. The van der Waals surface area contributed by atoms with Gasteiger partial charge in [-0.25, -0.2) is 4.98 Å². The molecule has 84 valence electrons. The Kier molecular flexibility index (Phi) is 2.41. The lowest BCUT2D eigenvalue weighted by atomic mass is 10.2. The molecule has 3 aromatic rings. The first-order valence-corrected chi connectivity index (χ1v) is 5.78. The van der Waals surface area contributed by atoms with Crippen LogP contribution in [0.5, 0.6) is 0 Å². The summed E-state index contributed by atoms with van der Waals surface area (Å²) in [5.41, 5.74) is 3.56. The van der Waals surface area contributed by atoms with Crippen molar-refractivity contribution in [3.8, 4) is 0 Å². The zero-order chi connectivity index (χ0) is 11.7. The van der Waals surface area contributed by atoms with Crippen molar-refractivity contribution in [2.24, 2.45) is 0 Å². The number of hydrogen-bond acceptors (Lipinski definition) is 1. The maximum atomic E-state index is 4.50. The van der Waals surface area contributed by atoms with E-state index in [-0.39, 0.29) is 0 Å². The summed E-state index contributed by atoms with van der Waals surface area (Å²) in [6.07, 6.45) is 4.02. The van der Waals surface area contributed by atoms with Crippen molar-refractivity contribution >= 4 is 11.0 Å². The molecule has 1 aromatic carbocycles. The van der Waals surface area contributed by atoms with Gasteiger partial charge in [-0.3, -0.25) is 0 Å². The smallest absolute Gasteiger partial charge is 0.140 e. The summed E-state index contributed by atoms with van der Waals surface area (Å²) in [5, 5.41) is 1.21. The molecule has 0 bridgehead atoms. The first kappa shape index (κ1) is 10.1. The van der Waals surface area contributed by atoms with Crippen LogP contribution in [-0.4, -0.2) is 9.55 Å². The Labute approximate surface area is 101 Å². The fourth-order valence-corrected chi connectivity index (χ4v) is 2.10. The van der Waals surface area contributed by atoms with Gasteiger partial charge in [-0.15, -0.1) is 0 Å². The van der Waals surface area contributed by atoms with E-state index >= 15 is 0 Å². The Hall–Kier alpha value is -2.09. The number of nitrogens with zero attached hydrogens (tertiary/aromatic N) is 2. The third-order valence-electron chi connectivity index (χ3n) is 2.93. The van der Waals surface area contributed by atoms with Crippen LogP contribution in [0.4, 0.5) is 0 Å². The average molecular weight is 222 g/mol. The second kappa shape index (κ2) is 4.06. The summed E-state index contributed by atoms with van der Waals surface area (Å²) in [7, 11) is 0. The van der Waals surface area contributed by atoms with Crippen LogP contribution in [0.2, 0.25) is 0 Å². The minimum absolute atomic E-state index is 0.875. The minimum Gasteiger partial charge on any atom is -0.328 e. The molecule has 2 nitrogen and oxygen atoms in total. The van der Waals surface area contributed by atoms with Crippen LogP contribution in [-0.2, 0) is 6.54 Å². The van der Waals surface area contributed by atoms with Gasteiger partial charge in [-0.2, -0.15) is 0 Å². The highest BCUT2D eigenvalue weighted by Crippen LogP contribution is 2.16. The van der Waals surface area contributed by atoms with Gasteiger partial charge in [0.2, 0.25) is 0 Å². The Morgan fingerprint density at radius 3 is 2.76 bits per heavy atom. The summed E-state index contributed by atoms with van der Waals surface area (Å²) >= 11 is 0.